The monoisotopic (exact) mass is 516 g/mol. The number of fused-ring (bicyclic) bond motifs is 8. The fraction of sp³-hybridized carbons (Fsp3) is 0.467. The van der Waals surface area contributed by atoms with Gasteiger partial charge in [-0.15, -0.1) is 0 Å². The summed E-state index contributed by atoms with van der Waals surface area (Å²) in [4.78, 5) is 52.8. The maximum atomic E-state index is 13.3. The van der Waals surface area contributed by atoms with Gasteiger partial charge in [0.25, 0.3) is 11.1 Å². The van der Waals surface area contributed by atoms with Gasteiger partial charge < -0.3 is 0 Å². The van der Waals surface area contributed by atoms with E-state index in [1.54, 1.807) is 9.13 Å². The van der Waals surface area contributed by atoms with Crippen molar-refractivity contribution in [2.75, 3.05) is 0 Å². The molecule has 8 nitrogen and oxygen atoms in total. The summed E-state index contributed by atoms with van der Waals surface area (Å²) in [5.41, 5.74) is 0.566. The zero-order valence-electron chi connectivity index (χ0n) is 21.9. The Morgan fingerprint density at radius 1 is 0.395 bits per heavy atom. The third-order valence-corrected chi connectivity index (χ3v) is 7.79. The molecule has 0 amide bonds. The summed E-state index contributed by atoms with van der Waals surface area (Å²) in [7, 11) is 0. The van der Waals surface area contributed by atoms with Gasteiger partial charge in [-0.2, -0.15) is 0 Å². The van der Waals surface area contributed by atoms with E-state index < -0.39 is 0 Å². The van der Waals surface area contributed by atoms with Gasteiger partial charge in [-0.25, -0.2) is 9.59 Å². The van der Waals surface area contributed by atoms with E-state index in [2.05, 4.69) is 0 Å². The molecule has 0 radical (unpaired) electrons. The van der Waals surface area contributed by atoms with Crippen molar-refractivity contribution in [1.82, 2.24) is 18.3 Å². The average molecular weight is 517 g/mol. The van der Waals surface area contributed by atoms with E-state index >= 15 is 0 Å². The number of nitrogens with zero attached hydrogens (tertiary/aromatic N) is 4. The van der Waals surface area contributed by atoms with Crippen LogP contribution in [0.1, 0.15) is 64.2 Å². The standard InChI is InChI=1S/C30H36N4O4/c35-27-23-15-7-9-17-25(23)31-19-11-3-1-4-12-20-32-26-18-10-8-16-24(26)28(36)34(30(32)38)22-14-6-2-5-13-21-33(27)29(31)37/h7-10,15-18H,1-6,11-14,19-22H2. The van der Waals surface area contributed by atoms with Crippen LogP contribution >= 0.6 is 0 Å². The molecule has 0 fully saturated rings. The highest BCUT2D eigenvalue weighted by molar-refractivity contribution is 5.78. The Labute approximate surface area is 220 Å². The molecule has 0 spiro atoms. The molecule has 1 aliphatic heterocycles. The van der Waals surface area contributed by atoms with Crippen molar-refractivity contribution in [3.05, 3.63) is 90.2 Å². The molecule has 0 saturated carbocycles. The van der Waals surface area contributed by atoms with Crippen LogP contribution in [0.15, 0.2) is 67.7 Å². The lowest BCUT2D eigenvalue weighted by Gasteiger charge is -2.15. The molecule has 200 valence electrons. The molecule has 38 heavy (non-hydrogen) atoms. The summed E-state index contributed by atoms with van der Waals surface area (Å²) in [6, 6.07) is 14.8. The predicted octanol–water partition coefficient (Wildman–Crippen LogP) is 4.25. The molecule has 8 heteroatoms. The zero-order chi connectivity index (χ0) is 26.5. The van der Waals surface area contributed by atoms with Crippen LogP contribution in [-0.2, 0) is 26.2 Å². The maximum Gasteiger partial charge on any atom is 0.331 e. The van der Waals surface area contributed by atoms with Gasteiger partial charge in [0.1, 0.15) is 0 Å². The predicted molar refractivity (Wildman–Crippen MR) is 151 cm³/mol. The minimum absolute atomic E-state index is 0.212. The van der Waals surface area contributed by atoms with E-state index in [0.29, 0.717) is 48.0 Å². The second-order valence-corrected chi connectivity index (χ2v) is 10.4. The van der Waals surface area contributed by atoms with Crippen molar-refractivity contribution in [2.45, 2.75) is 90.4 Å². The maximum absolute atomic E-state index is 13.3. The van der Waals surface area contributed by atoms with Crippen LogP contribution in [0.3, 0.4) is 0 Å². The molecular formula is C30H36N4O4. The summed E-state index contributed by atoms with van der Waals surface area (Å²) in [6.45, 7) is 1.96. The normalized spacial score (nSPS) is 16.4. The Hall–Kier alpha value is -3.68. The van der Waals surface area contributed by atoms with Gasteiger partial charge in [-0.3, -0.25) is 27.9 Å². The minimum atomic E-state index is -0.216. The molecule has 5 rings (SSSR count). The van der Waals surface area contributed by atoms with Crippen molar-refractivity contribution < 1.29 is 0 Å². The highest BCUT2D eigenvalue weighted by Gasteiger charge is 2.14. The Kier molecular flexibility index (Phi) is 8.05. The van der Waals surface area contributed by atoms with Gasteiger partial charge in [-0.05, 0) is 49.9 Å². The van der Waals surface area contributed by atoms with E-state index in [9.17, 15) is 19.2 Å². The van der Waals surface area contributed by atoms with E-state index in [0.717, 1.165) is 64.2 Å². The largest absolute Gasteiger partial charge is 0.331 e. The first kappa shape index (κ1) is 25.9. The first-order valence-corrected chi connectivity index (χ1v) is 14.0. The highest BCUT2D eigenvalue weighted by Crippen LogP contribution is 2.13. The van der Waals surface area contributed by atoms with Crippen molar-refractivity contribution >= 4 is 21.8 Å². The third-order valence-electron chi connectivity index (χ3n) is 7.79. The quantitative estimate of drug-likeness (QED) is 0.350. The molecule has 2 aromatic carbocycles. The molecule has 0 unspecified atom stereocenters. The minimum Gasteiger partial charge on any atom is -0.293 e. The van der Waals surface area contributed by atoms with Gasteiger partial charge in [0.15, 0.2) is 0 Å². The van der Waals surface area contributed by atoms with Crippen LogP contribution in [0, 0.1) is 0 Å². The molecule has 0 saturated heterocycles. The summed E-state index contributed by atoms with van der Waals surface area (Å²) in [6.07, 6.45) is 8.69. The fourth-order valence-corrected chi connectivity index (χ4v) is 5.71. The van der Waals surface area contributed by atoms with Crippen LogP contribution in [-0.4, -0.2) is 18.3 Å². The molecule has 3 heterocycles. The second-order valence-electron chi connectivity index (χ2n) is 10.4. The smallest absolute Gasteiger partial charge is 0.293 e. The summed E-state index contributed by atoms with van der Waals surface area (Å²) in [5, 5.41) is 1.19. The summed E-state index contributed by atoms with van der Waals surface area (Å²) in [5.74, 6) is 0. The lowest BCUT2D eigenvalue weighted by Crippen LogP contribution is -2.40. The molecule has 4 aromatic rings. The Bertz CT molecular complexity index is 1550. The van der Waals surface area contributed by atoms with Crippen LogP contribution < -0.4 is 22.5 Å². The molecule has 0 N–H and O–H groups in total. The van der Waals surface area contributed by atoms with Crippen LogP contribution in [0.2, 0.25) is 0 Å². The summed E-state index contributed by atoms with van der Waals surface area (Å²) < 4.78 is 6.34. The van der Waals surface area contributed by atoms with Gasteiger partial charge in [0.2, 0.25) is 0 Å². The highest BCUT2D eigenvalue weighted by atomic mass is 16.2. The van der Waals surface area contributed by atoms with E-state index in [1.807, 2.05) is 48.5 Å². The van der Waals surface area contributed by atoms with Crippen LogP contribution in [0.5, 0.6) is 0 Å². The zero-order valence-corrected chi connectivity index (χ0v) is 21.9. The Balaban J connectivity index is 1.40. The van der Waals surface area contributed by atoms with Crippen molar-refractivity contribution in [3.63, 3.8) is 0 Å². The number of rotatable bonds is 0. The average Bonchev–Trinajstić information content (AvgIpc) is 2.93. The molecule has 1 aliphatic rings. The molecule has 0 atom stereocenters. The van der Waals surface area contributed by atoms with Gasteiger partial charge in [0, 0.05) is 26.2 Å². The SMILES string of the molecule is O=c1c2ccccc2n2c(=O)n1CCCCCCCn1c(=O)c3ccccc3n(c1=O)CCCCCCC2. The van der Waals surface area contributed by atoms with Gasteiger partial charge in [0.05, 0.1) is 21.8 Å². The Morgan fingerprint density at radius 2 is 0.711 bits per heavy atom. The van der Waals surface area contributed by atoms with Crippen LogP contribution in [0.25, 0.3) is 21.8 Å². The molecule has 4 bridgehead atoms. The molecule has 2 aromatic heterocycles. The fourth-order valence-electron chi connectivity index (χ4n) is 5.71. The lowest BCUT2D eigenvalue weighted by molar-refractivity contribution is 0.475. The van der Waals surface area contributed by atoms with Crippen LogP contribution in [0.4, 0.5) is 0 Å². The van der Waals surface area contributed by atoms with E-state index in [-0.39, 0.29) is 22.5 Å². The van der Waals surface area contributed by atoms with E-state index in [1.165, 1.54) is 9.13 Å². The third kappa shape index (κ3) is 5.17. The number of aromatic nitrogens is 4. The lowest BCUT2D eigenvalue weighted by atomic mass is 10.1. The number of hydrogen-bond donors (Lipinski definition) is 0. The van der Waals surface area contributed by atoms with E-state index in [4.69, 9.17) is 0 Å². The Morgan fingerprint density at radius 3 is 1.11 bits per heavy atom. The first-order valence-electron chi connectivity index (χ1n) is 14.0. The van der Waals surface area contributed by atoms with Gasteiger partial charge in [-0.1, -0.05) is 62.8 Å². The number of aryl methyl sites for hydroxylation is 2. The summed E-state index contributed by atoms with van der Waals surface area (Å²) >= 11 is 0. The number of para-hydroxylation sites is 2. The number of hydrogen-bond acceptors (Lipinski definition) is 4. The molecular weight excluding hydrogens is 480 g/mol. The molecule has 0 aliphatic carbocycles. The topological polar surface area (TPSA) is 88.0 Å². The van der Waals surface area contributed by atoms with Crippen molar-refractivity contribution in [2.24, 2.45) is 0 Å². The number of benzene rings is 2. The van der Waals surface area contributed by atoms with Crippen molar-refractivity contribution in [1.29, 1.82) is 0 Å². The first-order chi connectivity index (χ1) is 18.6. The van der Waals surface area contributed by atoms with Crippen molar-refractivity contribution in [3.8, 4) is 0 Å². The van der Waals surface area contributed by atoms with Gasteiger partial charge >= 0.3 is 11.4 Å². The second kappa shape index (κ2) is 11.8.